The molecule has 0 aromatic heterocycles. The minimum Gasteiger partial charge on any atom is -0.481 e. The Morgan fingerprint density at radius 2 is 1.79 bits per heavy atom. The minimum atomic E-state index is -1.26. The second kappa shape index (κ2) is 10.7. The predicted octanol–water partition coefficient (Wildman–Crippen LogP) is -1.32. The third kappa shape index (κ3) is 5.86. The molecule has 3 atom stereocenters. The highest BCUT2D eigenvalue weighted by atomic mass is 16.4. The number of aldehydes is 1. The van der Waals surface area contributed by atoms with Gasteiger partial charge in [0.25, 0.3) is 5.91 Å². The largest absolute Gasteiger partial charge is 0.481 e. The molecule has 1 aliphatic carbocycles. The number of hydrogen-bond donors (Lipinski definition) is 4. The van der Waals surface area contributed by atoms with E-state index < -0.39 is 42.3 Å². The van der Waals surface area contributed by atoms with Crippen LogP contribution < -0.4 is 16.4 Å². The normalized spacial score (nSPS) is 28.9. The minimum absolute atomic E-state index is 0.0348. The zero-order chi connectivity index (χ0) is 24.1. The summed E-state index contributed by atoms with van der Waals surface area (Å²) < 4.78 is 0. The van der Waals surface area contributed by atoms with Crippen molar-refractivity contribution < 1.29 is 33.9 Å². The second-order valence-electron chi connectivity index (χ2n) is 8.92. The zero-order valence-corrected chi connectivity index (χ0v) is 18.4. The van der Waals surface area contributed by atoms with Crippen molar-refractivity contribution in [2.45, 2.75) is 82.0 Å². The first kappa shape index (κ1) is 24.6. The summed E-state index contributed by atoms with van der Waals surface area (Å²) in [7, 11) is 0. The molecule has 0 bridgehead atoms. The van der Waals surface area contributed by atoms with Gasteiger partial charge in [0, 0.05) is 24.9 Å². The molecule has 2 heterocycles. The van der Waals surface area contributed by atoms with Gasteiger partial charge >= 0.3 is 5.97 Å². The van der Waals surface area contributed by atoms with E-state index in [2.05, 4.69) is 10.6 Å². The fourth-order valence-electron chi connectivity index (χ4n) is 4.68. The average molecular weight is 466 g/mol. The number of hydrazine groups is 1. The van der Waals surface area contributed by atoms with E-state index in [1.54, 1.807) is 0 Å². The molecule has 2 aliphatic heterocycles. The van der Waals surface area contributed by atoms with Gasteiger partial charge in [-0.05, 0) is 44.9 Å². The van der Waals surface area contributed by atoms with E-state index in [-0.39, 0.29) is 49.6 Å². The van der Waals surface area contributed by atoms with Crippen LogP contribution in [0.1, 0.15) is 57.8 Å². The van der Waals surface area contributed by atoms with Gasteiger partial charge in [-0.3, -0.25) is 29.0 Å². The number of nitrogens with one attached hydrogen (secondary N) is 2. The molecule has 2 saturated heterocycles. The van der Waals surface area contributed by atoms with Gasteiger partial charge in [0.2, 0.25) is 17.7 Å². The van der Waals surface area contributed by atoms with Crippen LogP contribution in [0.15, 0.2) is 0 Å². The molecule has 12 heteroatoms. The number of fused-ring (bicyclic) bond motifs is 1. The van der Waals surface area contributed by atoms with E-state index in [0.29, 0.717) is 25.5 Å². The van der Waals surface area contributed by atoms with Gasteiger partial charge < -0.3 is 26.3 Å². The van der Waals surface area contributed by atoms with Crippen molar-refractivity contribution in [2.24, 2.45) is 11.7 Å². The highest BCUT2D eigenvalue weighted by Gasteiger charge is 2.45. The summed E-state index contributed by atoms with van der Waals surface area (Å²) in [5.41, 5.74) is 5.90. The lowest BCUT2D eigenvalue weighted by Crippen LogP contribution is -2.64. The lowest BCUT2D eigenvalue weighted by molar-refractivity contribution is -0.176. The number of carbonyl (C=O) groups excluding carboxylic acids is 5. The topological polar surface area (TPSA) is 179 Å². The molecule has 0 aromatic rings. The van der Waals surface area contributed by atoms with E-state index in [4.69, 9.17) is 10.8 Å². The number of carbonyl (C=O) groups is 6. The molecule has 5 N–H and O–H groups in total. The van der Waals surface area contributed by atoms with Crippen LogP contribution in [0.2, 0.25) is 0 Å². The van der Waals surface area contributed by atoms with Crippen LogP contribution in [0.4, 0.5) is 0 Å². The molecule has 0 spiro atoms. The molecule has 0 unspecified atom stereocenters. The third-order valence-electron chi connectivity index (χ3n) is 6.51. The first-order valence-electron chi connectivity index (χ1n) is 11.4. The van der Waals surface area contributed by atoms with Crippen molar-refractivity contribution in [3.63, 3.8) is 0 Å². The Bertz CT molecular complexity index is 811. The highest BCUT2D eigenvalue weighted by molar-refractivity contribution is 5.96. The highest BCUT2D eigenvalue weighted by Crippen LogP contribution is 2.27. The van der Waals surface area contributed by atoms with Crippen LogP contribution in [-0.4, -0.2) is 81.7 Å². The SMILES string of the molecule is NC1CCC(C(=O)N[C@H]2CCC(=O)N3CCC[C@@H](C(=O)N[C@H](C=O)CC(=O)O)N3C2=O)CC1. The summed E-state index contributed by atoms with van der Waals surface area (Å²) in [5, 5.41) is 16.3. The van der Waals surface area contributed by atoms with E-state index in [0.717, 1.165) is 17.9 Å². The molecule has 12 nitrogen and oxygen atoms in total. The van der Waals surface area contributed by atoms with Gasteiger partial charge in [0.1, 0.15) is 18.4 Å². The van der Waals surface area contributed by atoms with Crippen molar-refractivity contribution >= 4 is 35.9 Å². The van der Waals surface area contributed by atoms with Crippen LogP contribution in [-0.2, 0) is 28.8 Å². The molecule has 1 saturated carbocycles. The molecule has 4 amide bonds. The molecule has 0 radical (unpaired) electrons. The maximum Gasteiger partial charge on any atom is 0.305 e. The summed E-state index contributed by atoms with van der Waals surface area (Å²) in [4.78, 5) is 73.8. The smallest absolute Gasteiger partial charge is 0.305 e. The summed E-state index contributed by atoms with van der Waals surface area (Å²) in [6, 6.07) is -3.23. The Morgan fingerprint density at radius 1 is 1.09 bits per heavy atom. The number of aliphatic carboxylic acids is 1. The summed E-state index contributed by atoms with van der Waals surface area (Å²) in [5.74, 6) is -3.39. The first-order valence-corrected chi connectivity index (χ1v) is 11.4. The predicted molar refractivity (Wildman–Crippen MR) is 113 cm³/mol. The maximum absolute atomic E-state index is 13.4. The number of carboxylic acid groups (broad SMARTS) is 1. The molecular formula is C21H31N5O7. The van der Waals surface area contributed by atoms with Gasteiger partial charge in [0.05, 0.1) is 12.5 Å². The number of carboxylic acids is 1. The quantitative estimate of drug-likeness (QED) is 0.334. The Labute approximate surface area is 191 Å². The summed E-state index contributed by atoms with van der Waals surface area (Å²) in [6.45, 7) is 0.252. The molecule has 3 fully saturated rings. The lowest BCUT2D eigenvalue weighted by Gasteiger charge is -2.43. The van der Waals surface area contributed by atoms with E-state index >= 15 is 0 Å². The van der Waals surface area contributed by atoms with E-state index in [1.165, 1.54) is 5.01 Å². The molecule has 182 valence electrons. The van der Waals surface area contributed by atoms with Crippen LogP contribution in [0.3, 0.4) is 0 Å². The monoisotopic (exact) mass is 465 g/mol. The number of hydrogen-bond acceptors (Lipinski definition) is 7. The van der Waals surface area contributed by atoms with Crippen molar-refractivity contribution in [2.75, 3.05) is 6.54 Å². The van der Waals surface area contributed by atoms with Crippen LogP contribution in [0.25, 0.3) is 0 Å². The number of nitrogens with zero attached hydrogens (tertiary/aromatic N) is 2. The van der Waals surface area contributed by atoms with Gasteiger partial charge in [-0.25, -0.2) is 5.01 Å². The third-order valence-corrected chi connectivity index (χ3v) is 6.51. The van der Waals surface area contributed by atoms with Crippen molar-refractivity contribution in [3.8, 4) is 0 Å². The average Bonchev–Trinajstić information content (AvgIpc) is 2.90. The molecule has 3 aliphatic rings. The van der Waals surface area contributed by atoms with Gasteiger partial charge in [-0.2, -0.15) is 0 Å². The Hall–Kier alpha value is -3.02. The van der Waals surface area contributed by atoms with Crippen LogP contribution in [0.5, 0.6) is 0 Å². The summed E-state index contributed by atoms with van der Waals surface area (Å²) in [6.07, 6.45) is 3.29. The number of amides is 4. The molecule has 0 aromatic carbocycles. The molecular weight excluding hydrogens is 434 g/mol. The fraction of sp³-hybridized carbons (Fsp3) is 0.714. The van der Waals surface area contributed by atoms with Crippen LogP contribution >= 0.6 is 0 Å². The zero-order valence-electron chi connectivity index (χ0n) is 18.4. The molecule has 33 heavy (non-hydrogen) atoms. The fourth-order valence-corrected chi connectivity index (χ4v) is 4.68. The Kier molecular flexibility index (Phi) is 8.01. The van der Waals surface area contributed by atoms with E-state index in [1.807, 2.05) is 0 Å². The number of rotatable bonds is 7. The Morgan fingerprint density at radius 3 is 2.42 bits per heavy atom. The maximum atomic E-state index is 13.4. The van der Waals surface area contributed by atoms with E-state index in [9.17, 15) is 28.8 Å². The van der Waals surface area contributed by atoms with Crippen LogP contribution in [0, 0.1) is 5.92 Å². The van der Waals surface area contributed by atoms with Crippen molar-refractivity contribution in [1.82, 2.24) is 20.7 Å². The van der Waals surface area contributed by atoms with Crippen molar-refractivity contribution in [1.29, 1.82) is 0 Å². The Balaban J connectivity index is 1.74. The van der Waals surface area contributed by atoms with Gasteiger partial charge in [0.15, 0.2) is 0 Å². The lowest BCUT2D eigenvalue weighted by atomic mass is 9.85. The molecule has 3 rings (SSSR count). The van der Waals surface area contributed by atoms with Crippen molar-refractivity contribution in [3.05, 3.63) is 0 Å². The first-order chi connectivity index (χ1) is 15.7. The standard InChI is InChI=1S/C21H31N5O7/c22-13-5-3-12(4-6-13)19(31)24-15-7-8-17(28)25-9-1-2-16(26(25)21(15)33)20(32)23-14(11-27)10-18(29)30/h11-16H,1-10,22H2,(H,23,32)(H,24,31)(H,29,30)/t12?,13?,14-,15-,16-/m0/s1. The van der Waals surface area contributed by atoms with Gasteiger partial charge in [-0.1, -0.05) is 0 Å². The van der Waals surface area contributed by atoms with Gasteiger partial charge in [-0.15, -0.1) is 0 Å². The summed E-state index contributed by atoms with van der Waals surface area (Å²) >= 11 is 0. The second-order valence-corrected chi connectivity index (χ2v) is 8.92. The number of nitrogens with two attached hydrogens (primary N) is 1.